The van der Waals surface area contributed by atoms with Crippen molar-refractivity contribution in [2.45, 2.75) is 14.7 Å². The summed E-state index contributed by atoms with van der Waals surface area (Å²) in [4.78, 5) is -1.18. The second kappa shape index (κ2) is 12.1. The number of benzene rings is 1. The Morgan fingerprint density at radius 2 is 0.778 bits per heavy atom. The molecule has 18 heavy (non-hydrogen) atoms. The van der Waals surface area contributed by atoms with Crippen molar-refractivity contribution in [3.63, 3.8) is 0 Å². The van der Waals surface area contributed by atoms with E-state index in [2.05, 4.69) is 0 Å². The van der Waals surface area contributed by atoms with Crippen LogP contribution in [0.1, 0.15) is 0 Å². The third-order valence-corrected chi connectivity index (χ3v) is 3.29. The second-order valence-corrected chi connectivity index (χ2v) is 5.17. The maximum absolute atomic E-state index is 10.5. The Labute approximate surface area is 178 Å². The summed E-state index contributed by atoms with van der Waals surface area (Å²) in [5, 5.41) is 0. The molecule has 6 nitrogen and oxygen atoms in total. The molecule has 1 rings (SSSR count). The summed E-state index contributed by atoms with van der Waals surface area (Å²) in [6.45, 7) is 0. The van der Waals surface area contributed by atoms with Gasteiger partial charge in [0.25, 0.3) is 0 Å². The van der Waals surface area contributed by atoms with Gasteiger partial charge in [-0.25, -0.2) is 0 Å². The molecule has 0 N–H and O–H groups in total. The molecule has 0 bridgehead atoms. The van der Waals surface area contributed by atoms with Crippen LogP contribution in [0.5, 0.6) is 0 Å². The molecule has 0 heterocycles. The van der Waals surface area contributed by atoms with Crippen molar-refractivity contribution >= 4 is 33.2 Å². The van der Waals surface area contributed by atoms with Crippen molar-refractivity contribution < 1.29 is 115 Å². The molecule has 3 atom stereocenters. The molecule has 0 aliphatic carbocycles. The summed E-state index contributed by atoms with van der Waals surface area (Å²) in [5.41, 5.74) is 0. The Hall–Kier alpha value is 2.55. The van der Waals surface area contributed by atoms with Crippen molar-refractivity contribution in [3.8, 4) is 0 Å². The molecule has 1 aromatic carbocycles. The molecule has 0 amide bonds. The van der Waals surface area contributed by atoms with E-state index in [-0.39, 0.29) is 88.7 Å². The molecule has 0 fully saturated rings. The van der Waals surface area contributed by atoms with E-state index in [1.165, 1.54) is 0 Å². The Bertz CT molecular complexity index is 389. The third-order valence-electron chi connectivity index (χ3n) is 1.43. The number of hydrogen-bond acceptors (Lipinski definition) is 6. The zero-order valence-corrected chi connectivity index (χ0v) is 18.4. The van der Waals surface area contributed by atoms with Crippen molar-refractivity contribution in [1.29, 1.82) is 0 Å². The van der Waals surface area contributed by atoms with Gasteiger partial charge in [-0.15, -0.1) is 0 Å². The van der Waals surface area contributed by atoms with Crippen LogP contribution in [0.2, 0.25) is 0 Å². The first kappa shape index (κ1) is 25.5. The Morgan fingerprint density at radius 3 is 0.889 bits per heavy atom. The molecule has 84 valence electrons. The molecule has 0 aliphatic rings. The zero-order chi connectivity index (χ0) is 11.6. The normalized spacial score (nSPS) is 14.2. The summed E-state index contributed by atoms with van der Waals surface area (Å²) in [6.07, 6.45) is 0. The SMILES string of the molecule is O=S([O-])c1cc(S(=O)[O-])cc(S(=O)[O-])c1.[Na+].[Na+].[Na+]. The molecule has 0 aliphatic heterocycles. The van der Waals surface area contributed by atoms with E-state index in [4.69, 9.17) is 0 Å². The first-order valence-electron chi connectivity index (χ1n) is 3.34. The molecule has 1 aromatic rings. The largest absolute Gasteiger partial charge is 1.00 e. The first-order valence-corrected chi connectivity index (χ1v) is 6.57. The third kappa shape index (κ3) is 8.11. The smallest absolute Gasteiger partial charge is 0.768 e. The van der Waals surface area contributed by atoms with Gasteiger partial charge < -0.3 is 13.7 Å². The van der Waals surface area contributed by atoms with Gasteiger partial charge in [0.1, 0.15) is 0 Å². The fraction of sp³-hybridized carbons (Fsp3) is 0. The van der Waals surface area contributed by atoms with Gasteiger partial charge in [-0.2, -0.15) is 0 Å². The Kier molecular flexibility index (Phi) is 17.2. The first-order chi connectivity index (χ1) is 6.91. The molecule has 3 unspecified atom stereocenters. The summed E-state index contributed by atoms with van der Waals surface area (Å²) >= 11 is -8.04. The zero-order valence-electron chi connectivity index (χ0n) is 9.91. The van der Waals surface area contributed by atoms with Gasteiger partial charge in [0.2, 0.25) is 0 Å². The monoisotopic (exact) mass is 336 g/mol. The van der Waals surface area contributed by atoms with Gasteiger partial charge in [-0.1, -0.05) is 0 Å². The van der Waals surface area contributed by atoms with Gasteiger partial charge >= 0.3 is 88.7 Å². The van der Waals surface area contributed by atoms with Crippen LogP contribution in [0.25, 0.3) is 0 Å². The van der Waals surface area contributed by atoms with Gasteiger partial charge in [-0.05, 0) is 51.4 Å². The standard InChI is InChI=1S/C6H6O6S3.3Na/c7-13(8)4-1-5(14(9)10)3-6(2-4)15(11)12;;;/h1-3H,(H,7,8)(H,9,10)(H,11,12);;;/q;3*+1/p-3. The predicted molar refractivity (Wildman–Crippen MR) is 48.0 cm³/mol. The fourth-order valence-electron chi connectivity index (χ4n) is 0.834. The maximum Gasteiger partial charge on any atom is 1.00 e. The van der Waals surface area contributed by atoms with Crippen molar-refractivity contribution in [2.24, 2.45) is 0 Å². The van der Waals surface area contributed by atoms with E-state index in [1.807, 2.05) is 0 Å². The van der Waals surface area contributed by atoms with E-state index in [0.29, 0.717) is 0 Å². The van der Waals surface area contributed by atoms with Crippen LogP contribution in [0, 0.1) is 0 Å². The van der Waals surface area contributed by atoms with E-state index < -0.39 is 47.9 Å². The Morgan fingerprint density at radius 1 is 0.611 bits per heavy atom. The predicted octanol–water partition coefficient (Wildman–Crippen LogP) is -9.59. The summed E-state index contributed by atoms with van der Waals surface area (Å²) < 4.78 is 63.3. The molecule has 0 spiro atoms. The molecule has 0 saturated carbocycles. The topological polar surface area (TPSA) is 120 Å². The van der Waals surface area contributed by atoms with Crippen LogP contribution in [0.3, 0.4) is 0 Å². The van der Waals surface area contributed by atoms with E-state index >= 15 is 0 Å². The van der Waals surface area contributed by atoms with Crippen LogP contribution >= 0.6 is 0 Å². The van der Waals surface area contributed by atoms with E-state index in [1.54, 1.807) is 0 Å². The van der Waals surface area contributed by atoms with Crippen LogP contribution < -0.4 is 88.7 Å². The average Bonchev–Trinajstić information content (AvgIpc) is 2.16. The van der Waals surface area contributed by atoms with Crippen molar-refractivity contribution in [2.75, 3.05) is 0 Å². The molecule has 0 aromatic heterocycles. The molecule has 12 heteroatoms. The minimum Gasteiger partial charge on any atom is -0.768 e. The minimum atomic E-state index is -2.68. The van der Waals surface area contributed by atoms with Gasteiger partial charge in [0, 0.05) is 14.7 Å². The number of hydrogen-bond donors (Lipinski definition) is 0. The molecular weight excluding hydrogens is 333 g/mol. The summed E-state index contributed by atoms with van der Waals surface area (Å²) in [5.74, 6) is 0. The minimum absolute atomic E-state index is 0. The Balaban J connectivity index is -0.000000750. The summed E-state index contributed by atoms with van der Waals surface area (Å²) in [6, 6.07) is 2.59. The van der Waals surface area contributed by atoms with Crippen molar-refractivity contribution in [1.82, 2.24) is 0 Å². The van der Waals surface area contributed by atoms with Crippen LogP contribution in [0.4, 0.5) is 0 Å². The van der Waals surface area contributed by atoms with E-state index in [9.17, 15) is 26.3 Å². The van der Waals surface area contributed by atoms with Crippen LogP contribution in [-0.2, 0) is 33.2 Å². The van der Waals surface area contributed by atoms with E-state index in [0.717, 1.165) is 18.2 Å². The number of rotatable bonds is 3. The van der Waals surface area contributed by atoms with Crippen LogP contribution in [-0.4, -0.2) is 26.3 Å². The van der Waals surface area contributed by atoms with Crippen molar-refractivity contribution in [3.05, 3.63) is 18.2 Å². The second-order valence-electron chi connectivity index (χ2n) is 2.34. The van der Waals surface area contributed by atoms with Gasteiger partial charge in [0.05, 0.1) is 0 Å². The molecular formula is C6H3Na3O6S3. The fourth-order valence-corrected chi connectivity index (χ4v) is 2.40. The van der Waals surface area contributed by atoms with Crippen LogP contribution in [0.15, 0.2) is 32.9 Å². The molecule has 0 saturated heterocycles. The van der Waals surface area contributed by atoms with Gasteiger partial charge in [-0.3, -0.25) is 12.6 Å². The van der Waals surface area contributed by atoms with Gasteiger partial charge in [0.15, 0.2) is 0 Å². The quantitative estimate of drug-likeness (QED) is 0.399. The molecule has 0 radical (unpaired) electrons. The maximum atomic E-state index is 10.5. The average molecular weight is 336 g/mol. The summed E-state index contributed by atoms with van der Waals surface area (Å²) in [7, 11) is 0.